The summed E-state index contributed by atoms with van der Waals surface area (Å²) in [6.45, 7) is 2.01. The molecular formula is C24H17NO. The van der Waals surface area contributed by atoms with Gasteiger partial charge in [0.25, 0.3) is 0 Å². The minimum Gasteiger partial charge on any atom is -0.507 e. The van der Waals surface area contributed by atoms with E-state index in [2.05, 4.69) is 16.8 Å². The van der Waals surface area contributed by atoms with E-state index >= 15 is 0 Å². The van der Waals surface area contributed by atoms with Gasteiger partial charge in [0.15, 0.2) is 0 Å². The highest BCUT2D eigenvalue weighted by molar-refractivity contribution is 5.93. The summed E-state index contributed by atoms with van der Waals surface area (Å²) in [6.07, 6.45) is 1.80. The van der Waals surface area contributed by atoms with Crippen LogP contribution in [0.2, 0.25) is 0 Å². The standard InChI is InChI=1S/C24H17NO/c1-17-11-14-24(26)21(15-17)22-16-25-23-10-6-5-9-20(23)19(22)13-12-18-7-3-2-4-8-18/h2-11,14-16,26H,1H3. The number of phenolic OH excluding ortho intramolecular Hbond substituents is 1. The van der Waals surface area contributed by atoms with Crippen LogP contribution in [0.4, 0.5) is 0 Å². The molecule has 2 heteroatoms. The molecule has 4 aromatic rings. The molecule has 0 unspecified atom stereocenters. The molecular weight excluding hydrogens is 318 g/mol. The van der Waals surface area contributed by atoms with Crippen molar-refractivity contribution in [2.24, 2.45) is 0 Å². The molecule has 0 amide bonds. The van der Waals surface area contributed by atoms with E-state index < -0.39 is 0 Å². The van der Waals surface area contributed by atoms with E-state index in [1.165, 1.54) is 0 Å². The highest BCUT2D eigenvalue weighted by Gasteiger charge is 2.12. The molecule has 4 rings (SSSR count). The Morgan fingerprint density at radius 1 is 0.808 bits per heavy atom. The number of para-hydroxylation sites is 1. The first-order valence-electron chi connectivity index (χ1n) is 8.47. The van der Waals surface area contributed by atoms with Gasteiger partial charge in [-0.1, -0.05) is 59.9 Å². The molecule has 1 heterocycles. The van der Waals surface area contributed by atoms with Crippen LogP contribution < -0.4 is 0 Å². The zero-order valence-electron chi connectivity index (χ0n) is 14.4. The van der Waals surface area contributed by atoms with Crippen LogP contribution in [-0.2, 0) is 0 Å². The highest BCUT2D eigenvalue weighted by atomic mass is 16.3. The fourth-order valence-corrected chi connectivity index (χ4v) is 3.00. The molecule has 1 N–H and O–H groups in total. The summed E-state index contributed by atoms with van der Waals surface area (Å²) >= 11 is 0. The highest BCUT2D eigenvalue weighted by Crippen LogP contribution is 2.34. The van der Waals surface area contributed by atoms with Gasteiger partial charge < -0.3 is 5.11 Å². The number of hydrogen-bond acceptors (Lipinski definition) is 2. The van der Waals surface area contributed by atoms with Gasteiger partial charge in [-0.2, -0.15) is 0 Å². The van der Waals surface area contributed by atoms with Gasteiger partial charge >= 0.3 is 0 Å². The maximum atomic E-state index is 10.4. The normalized spacial score (nSPS) is 10.3. The molecule has 3 aromatic carbocycles. The summed E-state index contributed by atoms with van der Waals surface area (Å²) < 4.78 is 0. The van der Waals surface area contributed by atoms with E-state index in [1.54, 1.807) is 12.3 Å². The largest absolute Gasteiger partial charge is 0.507 e. The lowest BCUT2D eigenvalue weighted by Crippen LogP contribution is -1.91. The van der Waals surface area contributed by atoms with E-state index in [1.807, 2.05) is 73.7 Å². The van der Waals surface area contributed by atoms with Gasteiger partial charge in [-0.25, -0.2) is 0 Å². The van der Waals surface area contributed by atoms with Gasteiger partial charge in [-0.3, -0.25) is 4.98 Å². The predicted molar refractivity (Wildman–Crippen MR) is 106 cm³/mol. The van der Waals surface area contributed by atoms with Crippen molar-refractivity contribution < 1.29 is 5.11 Å². The van der Waals surface area contributed by atoms with Crippen LogP contribution in [0.5, 0.6) is 5.75 Å². The Hall–Kier alpha value is -3.57. The van der Waals surface area contributed by atoms with Crippen LogP contribution in [0.1, 0.15) is 16.7 Å². The van der Waals surface area contributed by atoms with Crippen molar-refractivity contribution in [2.75, 3.05) is 0 Å². The molecule has 0 atom stereocenters. The molecule has 0 bridgehead atoms. The van der Waals surface area contributed by atoms with Gasteiger partial charge in [-0.05, 0) is 37.3 Å². The van der Waals surface area contributed by atoms with Crippen LogP contribution in [0.3, 0.4) is 0 Å². The number of fused-ring (bicyclic) bond motifs is 1. The van der Waals surface area contributed by atoms with Crippen LogP contribution in [0.15, 0.2) is 79.0 Å². The number of aromatic hydroxyl groups is 1. The Morgan fingerprint density at radius 3 is 2.42 bits per heavy atom. The minimum atomic E-state index is 0.232. The fraction of sp³-hybridized carbons (Fsp3) is 0.0417. The minimum absolute atomic E-state index is 0.232. The van der Waals surface area contributed by atoms with Crippen LogP contribution in [0.25, 0.3) is 22.0 Å². The number of benzene rings is 3. The van der Waals surface area contributed by atoms with Crippen molar-refractivity contribution in [1.82, 2.24) is 4.98 Å². The number of hydrogen-bond donors (Lipinski definition) is 1. The number of pyridine rings is 1. The third-order valence-corrected chi connectivity index (χ3v) is 4.32. The number of nitrogens with zero attached hydrogens (tertiary/aromatic N) is 1. The zero-order chi connectivity index (χ0) is 17.9. The lowest BCUT2D eigenvalue weighted by atomic mass is 9.96. The first-order valence-corrected chi connectivity index (χ1v) is 8.47. The Bertz CT molecular complexity index is 1150. The van der Waals surface area contributed by atoms with E-state index in [9.17, 15) is 5.11 Å². The summed E-state index contributed by atoms with van der Waals surface area (Å²) in [7, 11) is 0. The zero-order valence-corrected chi connectivity index (χ0v) is 14.4. The Labute approximate surface area is 152 Å². The van der Waals surface area contributed by atoms with Gasteiger partial charge in [0.2, 0.25) is 0 Å². The van der Waals surface area contributed by atoms with Crippen LogP contribution in [0, 0.1) is 18.8 Å². The lowest BCUT2D eigenvalue weighted by Gasteiger charge is -2.10. The average molecular weight is 335 g/mol. The summed E-state index contributed by atoms with van der Waals surface area (Å²) in [4.78, 5) is 4.57. The van der Waals surface area contributed by atoms with Gasteiger partial charge in [0.1, 0.15) is 5.75 Å². The van der Waals surface area contributed by atoms with Crippen molar-refractivity contribution in [1.29, 1.82) is 0 Å². The van der Waals surface area contributed by atoms with Gasteiger partial charge in [0, 0.05) is 33.8 Å². The van der Waals surface area contributed by atoms with Gasteiger partial charge in [-0.15, -0.1) is 0 Å². The molecule has 0 spiro atoms. The second-order valence-electron chi connectivity index (χ2n) is 6.20. The maximum Gasteiger partial charge on any atom is 0.123 e. The lowest BCUT2D eigenvalue weighted by molar-refractivity contribution is 0.477. The first kappa shape index (κ1) is 15.9. The smallest absolute Gasteiger partial charge is 0.123 e. The second kappa shape index (κ2) is 6.74. The van der Waals surface area contributed by atoms with E-state index in [0.29, 0.717) is 0 Å². The molecule has 0 aliphatic heterocycles. The monoisotopic (exact) mass is 335 g/mol. The first-order chi connectivity index (χ1) is 12.7. The van der Waals surface area contributed by atoms with Gasteiger partial charge in [0.05, 0.1) is 5.52 Å². The fourth-order valence-electron chi connectivity index (χ4n) is 3.00. The molecule has 124 valence electrons. The molecule has 0 aliphatic carbocycles. The van der Waals surface area contributed by atoms with Crippen molar-refractivity contribution in [3.8, 4) is 28.7 Å². The third-order valence-electron chi connectivity index (χ3n) is 4.32. The molecule has 0 radical (unpaired) electrons. The molecule has 1 aromatic heterocycles. The van der Waals surface area contributed by atoms with Crippen LogP contribution >= 0.6 is 0 Å². The Kier molecular flexibility index (Phi) is 4.13. The average Bonchev–Trinajstić information content (AvgIpc) is 2.69. The Balaban J connectivity index is 1.99. The summed E-state index contributed by atoms with van der Waals surface area (Å²) in [5.74, 6) is 6.79. The number of aromatic nitrogens is 1. The number of rotatable bonds is 1. The van der Waals surface area contributed by atoms with Crippen molar-refractivity contribution in [2.45, 2.75) is 6.92 Å². The van der Waals surface area contributed by atoms with Crippen molar-refractivity contribution >= 4 is 10.9 Å². The SMILES string of the molecule is Cc1ccc(O)c(-c2cnc3ccccc3c2C#Cc2ccccc2)c1. The number of aryl methyl sites for hydroxylation is 1. The van der Waals surface area contributed by atoms with Crippen LogP contribution in [-0.4, -0.2) is 10.1 Å². The van der Waals surface area contributed by atoms with E-state index in [4.69, 9.17) is 0 Å². The summed E-state index contributed by atoms with van der Waals surface area (Å²) in [6, 6.07) is 23.4. The van der Waals surface area contributed by atoms with E-state index in [0.717, 1.165) is 38.7 Å². The van der Waals surface area contributed by atoms with Crippen molar-refractivity contribution in [3.05, 3.63) is 95.7 Å². The predicted octanol–water partition coefficient (Wildman–Crippen LogP) is 5.32. The van der Waals surface area contributed by atoms with Crippen molar-refractivity contribution in [3.63, 3.8) is 0 Å². The molecule has 0 aliphatic rings. The maximum absolute atomic E-state index is 10.4. The summed E-state index contributed by atoms with van der Waals surface area (Å²) in [5.41, 5.74) is 5.38. The molecule has 2 nitrogen and oxygen atoms in total. The quantitative estimate of drug-likeness (QED) is 0.478. The third kappa shape index (κ3) is 3.03. The molecule has 0 saturated carbocycles. The molecule has 0 saturated heterocycles. The van der Waals surface area contributed by atoms with E-state index in [-0.39, 0.29) is 5.75 Å². The summed E-state index contributed by atoms with van der Waals surface area (Å²) in [5, 5.41) is 11.4. The molecule has 26 heavy (non-hydrogen) atoms. The Morgan fingerprint density at radius 2 is 1.58 bits per heavy atom. The molecule has 0 fully saturated rings. The second-order valence-corrected chi connectivity index (χ2v) is 6.20. The topological polar surface area (TPSA) is 33.1 Å². The number of phenols is 1.